The van der Waals surface area contributed by atoms with E-state index in [0.717, 1.165) is 49.1 Å². The summed E-state index contributed by atoms with van der Waals surface area (Å²) in [5, 5.41) is 11.1. The number of nitrogens with one attached hydrogen (secondary N) is 2. The number of hydrogen-bond acceptors (Lipinski definition) is 5. The van der Waals surface area contributed by atoms with Gasteiger partial charge in [0, 0.05) is 30.1 Å². The van der Waals surface area contributed by atoms with Crippen molar-refractivity contribution in [1.82, 2.24) is 20.5 Å². The smallest absolute Gasteiger partial charge is 0.191 e. The van der Waals surface area contributed by atoms with Crippen molar-refractivity contribution < 1.29 is 4.74 Å². The van der Waals surface area contributed by atoms with Gasteiger partial charge in [-0.05, 0) is 44.4 Å². The Morgan fingerprint density at radius 1 is 1.19 bits per heavy atom. The lowest BCUT2D eigenvalue weighted by Crippen LogP contribution is -2.15. The molecule has 0 aromatic carbocycles. The normalized spacial score (nSPS) is 23.7. The standard InChI is InChI=1S/C15H20N4OS/c1-2-11(16-7-1)12-3-4-13(21-12)15-17-14(18-19-15)10-5-8-20-9-6-10/h3-4,10-11,16H,1-2,5-9H2,(H,17,18,19). The van der Waals surface area contributed by atoms with Crippen LogP contribution in [0.4, 0.5) is 0 Å². The average Bonchev–Trinajstić information content (AvgIpc) is 3.27. The molecular formula is C15H20N4OS. The molecule has 2 aliphatic heterocycles. The van der Waals surface area contributed by atoms with E-state index in [1.807, 2.05) is 11.3 Å². The number of hydrogen-bond donors (Lipinski definition) is 2. The predicted octanol–water partition coefficient (Wildman–Crippen LogP) is 2.85. The van der Waals surface area contributed by atoms with Crippen LogP contribution in [-0.2, 0) is 4.74 Å². The first-order chi connectivity index (χ1) is 10.4. The van der Waals surface area contributed by atoms with E-state index in [1.165, 1.54) is 17.7 Å². The van der Waals surface area contributed by atoms with Gasteiger partial charge in [0.05, 0.1) is 4.88 Å². The molecule has 4 heterocycles. The van der Waals surface area contributed by atoms with Crippen LogP contribution in [-0.4, -0.2) is 34.9 Å². The van der Waals surface area contributed by atoms with Crippen molar-refractivity contribution in [2.75, 3.05) is 19.8 Å². The monoisotopic (exact) mass is 304 g/mol. The third kappa shape index (κ3) is 2.75. The summed E-state index contributed by atoms with van der Waals surface area (Å²) in [4.78, 5) is 7.28. The summed E-state index contributed by atoms with van der Waals surface area (Å²) >= 11 is 1.81. The molecule has 4 rings (SSSR count). The maximum atomic E-state index is 5.41. The van der Waals surface area contributed by atoms with Gasteiger partial charge in [-0.15, -0.1) is 11.3 Å². The SMILES string of the molecule is c1cc(C2CCCN2)sc1-c1n[nH]c(C2CCOCC2)n1. The zero-order valence-corrected chi connectivity index (χ0v) is 12.8. The van der Waals surface area contributed by atoms with Gasteiger partial charge in [0.15, 0.2) is 5.82 Å². The lowest BCUT2D eigenvalue weighted by Gasteiger charge is -2.19. The molecular weight excluding hydrogens is 284 g/mol. The van der Waals surface area contributed by atoms with E-state index in [1.54, 1.807) is 0 Å². The number of aromatic amines is 1. The number of ether oxygens (including phenoxy) is 1. The highest BCUT2D eigenvalue weighted by molar-refractivity contribution is 7.15. The highest BCUT2D eigenvalue weighted by Gasteiger charge is 2.22. The molecule has 2 saturated heterocycles. The van der Waals surface area contributed by atoms with Crippen molar-refractivity contribution in [3.8, 4) is 10.7 Å². The summed E-state index contributed by atoms with van der Waals surface area (Å²) in [5.74, 6) is 2.32. The summed E-state index contributed by atoms with van der Waals surface area (Å²) in [6.45, 7) is 2.79. The zero-order chi connectivity index (χ0) is 14.1. The molecule has 2 aromatic rings. The summed E-state index contributed by atoms with van der Waals surface area (Å²) in [5.41, 5.74) is 0. The van der Waals surface area contributed by atoms with Crippen molar-refractivity contribution in [2.45, 2.75) is 37.6 Å². The molecule has 0 aliphatic carbocycles. The molecule has 2 aromatic heterocycles. The fourth-order valence-electron chi connectivity index (χ4n) is 3.13. The zero-order valence-electron chi connectivity index (χ0n) is 12.0. The fraction of sp³-hybridized carbons (Fsp3) is 0.600. The summed E-state index contributed by atoms with van der Waals surface area (Å²) in [6.07, 6.45) is 4.58. The molecule has 2 N–H and O–H groups in total. The van der Waals surface area contributed by atoms with E-state index in [9.17, 15) is 0 Å². The molecule has 0 spiro atoms. The van der Waals surface area contributed by atoms with Crippen LogP contribution in [0.3, 0.4) is 0 Å². The lowest BCUT2D eigenvalue weighted by molar-refractivity contribution is 0.0836. The number of nitrogens with zero attached hydrogens (tertiary/aromatic N) is 2. The third-order valence-electron chi connectivity index (χ3n) is 4.36. The molecule has 2 fully saturated rings. The van der Waals surface area contributed by atoms with E-state index in [0.29, 0.717) is 12.0 Å². The fourth-order valence-corrected chi connectivity index (χ4v) is 4.18. The summed E-state index contributed by atoms with van der Waals surface area (Å²) in [6, 6.07) is 4.89. The molecule has 112 valence electrons. The Hall–Kier alpha value is -1.24. The van der Waals surface area contributed by atoms with Crippen molar-refractivity contribution >= 4 is 11.3 Å². The van der Waals surface area contributed by atoms with Crippen LogP contribution in [0.25, 0.3) is 10.7 Å². The van der Waals surface area contributed by atoms with E-state index >= 15 is 0 Å². The lowest BCUT2D eigenvalue weighted by atomic mass is 10.00. The molecule has 0 amide bonds. The molecule has 1 atom stereocenters. The first kappa shape index (κ1) is 13.4. The topological polar surface area (TPSA) is 62.8 Å². The van der Waals surface area contributed by atoms with E-state index < -0.39 is 0 Å². The van der Waals surface area contributed by atoms with Gasteiger partial charge in [0.1, 0.15) is 5.82 Å². The molecule has 1 unspecified atom stereocenters. The third-order valence-corrected chi connectivity index (χ3v) is 5.56. The Morgan fingerprint density at radius 3 is 2.90 bits per heavy atom. The van der Waals surface area contributed by atoms with Gasteiger partial charge in [0.2, 0.25) is 0 Å². The molecule has 5 nitrogen and oxygen atoms in total. The second-order valence-corrected chi connectivity index (χ2v) is 6.90. The van der Waals surface area contributed by atoms with E-state index in [4.69, 9.17) is 9.72 Å². The minimum atomic E-state index is 0.468. The Bertz CT molecular complexity index is 596. The average molecular weight is 304 g/mol. The van der Waals surface area contributed by atoms with Crippen molar-refractivity contribution in [1.29, 1.82) is 0 Å². The number of aromatic nitrogens is 3. The highest BCUT2D eigenvalue weighted by Crippen LogP contribution is 2.34. The largest absolute Gasteiger partial charge is 0.381 e. The van der Waals surface area contributed by atoms with E-state index in [-0.39, 0.29) is 0 Å². The van der Waals surface area contributed by atoms with Gasteiger partial charge in [-0.2, -0.15) is 5.10 Å². The summed E-state index contributed by atoms with van der Waals surface area (Å²) < 4.78 is 5.41. The van der Waals surface area contributed by atoms with E-state index in [2.05, 4.69) is 27.6 Å². The molecule has 2 aliphatic rings. The van der Waals surface area contributed by atoms with Gasteiger partial charge in [-0.25, -0.2) is 4.98 Å². The molecule has 21 heavy (non-hydrogen) atoms. The van der Waals surface area contributed by atoms with Crippen LogP contribution in [0.5, 0.6) is 0 Å². The van der Waals surface area contributed by atoms with Crippen LogP contribution in [0, 0.1) is 0 Å². The minimum absolute atomic E-state index is 0.468. The van der Waals surface area contributed by atoms with Crippen LogP contribution in [0.15, 0.2) is 12.1 Å². The number of thiophene rings is 1. The van der Waals surface area contributed by atoms with Gasteiger partial charge in [-0.1, -0.05) is 0 Å². The first-order valence-corrected chi connectivity index (χ1v) is 8.55. The number of H-pyrrole nitrogens is 1. The number of rotatable bonds is 3. The van der Waals surface area contributed by atoms with Gasteiger partial charge < -0.3 is 10.1 Å². The highest BCUT2D eigenvalue weighted by atomic mass is 32.1. The first-order valence-electron chi connectivity index (χ1n) is 7.74. The van der Waals surface area contributed by atoms with Crippen molar-refractivity contribution in [2.24, 2.45) is 0 Å². The van der Waals surface area contributed by atoms with Gasteiger partial charge >= 0.3 is 0 Å². The van der Waals surface area contributed by atoms with Crippen molar-refractivity contribution in [3.05, 3.63) is 22.8 Å². The Labute approximate surface area is 128 Å². The minimum Gasteiger partial charge on any atom is -0.381 e. The molecule has 6 heteroatoms. The van der Waals surface area contributed by atoms with Crippen LogP contribution >= 0.6 is 11.3 Å². The predicted molar refractivity (Wildman–Crippen MR) is 82.5 cm³/mol. The van der Waals surface area contributed by atoms with Crippen LogP contribution in [0.2, 0.25) is 0 Å². The van der Waals surface area contributed by atoms with Crippen molar-refractivity contribution in [3.63, 3.8) is 0 Å². The molecule has 0 radical (unpaired) electrons. The Morgan fingerprint density at radius 2 is 2.10 bits per heavy atom. The quantitative estimate of drug-likeness (QED) is 0.915. The van der Waals surface area contributed by atoms with Gasteiger partial charge in [-0.3, -0.25) is 5.10 Å². The molecule has 0 saturated carbocycles. The summed E-state index contributed by atoms with van der Waals surface area (Å²) in [7, 11) is 0. The van der Waals surface area contributed by atoms with Crippen LogP contribution in [0.1, 0.15) is 48.3 Å². The van der Waals surface area contributed by atoms with Gasteiger partial charge in [0.25, 0.3) is 0 Å². The maximum absolute atomic E-state index is 5.41. The Balaban J connectivity index is 1.52. The second kappa shape index (κ2) is 5.87. The van der Waals surface area contributed by atoms with Crippen LogP contribution < -0.4 is 5.32 Å². The second-order valence-electron chi connectivity index (χ2n) is 5.78. The maximum Gasteiger partial charge on any atom is 0.191 e. The Kier molecular flexibility index (Phi) is 3.75. The molecule has 0 bridgehead atoms.